The summed E-state index contributed by atoms with van der Waals surface area (Å²) in [6, 6.07) is 9.99. The predicted octanol–water partition coefficient (Wildman–Crippen LogP) is 3.43. The van der Waals surface area contributed by atoms with E-state index in [-0.39, 0.29) is 11.7 Å². The topological polar surface area (TPSA) is 58.8 Å². The van der Waals surface area contributed by atoms with E-state index in [1.807, 2.05) is 11.0 Å². The van der Waals surface area contributed by atoms with Crippen LogP contribution in [-0.4, -0.2) is 44.1 Å². The Morgan fingerprint density at radius 3 is 2.56 bits per heavy atom. The summed E-state index contributed by atoms with van der Waals surface area (Å²) in [5.41, 5.74) is 7.73. The summed E-state index contributed by atoms with van der Waals surface area (Å²) in [6.45, 7) is 2.17. The molecule has 1 aliphatic rings. The van der Waals surface area contributed by atoms with Gasteiger partial charge in [0.2, 0.25) is 5.91 Å². The van der Waals surface area contributed by atoms with Crippen molar-refractivity contribution in [1.82, 2.24) is 4.90 Å². The number of ether oxygens (including phenoxy) is 1. The quantitative estimate of drug-likeness (QED) is 0.643. The number of carbonyl (C=O) groups is 1. The molecule has 3 rings (SSSR count). The van der Waals surface area contributed by atoms with E-state index in [0.717, 1.165) is 5.56 Å². The van der Waals surface area contributed by atoms with Crippen molar-refractivity contribution in [3.8, 4) is 5.75 Å². The Morgan fingerprint density at radius 1 is 1.19 bits per heavy atom. The van der Waals surface area contributed by atoms with E-state index in [0.29, 0.717) is 48.3 Å². The third-order valence-electron chi connectivity index (χ3n) is 4.51. The van der Waals surface area contributed by atoms with Gasteiger partial charge in [0, 0.05) is 37.3 Å². The smallest absolute Gasteiger partial charge is 0.246 e. The molecule has 2 N–H and O–H groups in total. The standard InChI is InChI=1S/C20H21ClFN3O2/c1-27-19-6-2-14(12-17(19)23)3-7-20(26)25-10-8-24(9-11-25)18-5-4-15(21)13-16(18)22/h2-7,12-13H,8-11,23H2,1H3/b7-3+. The van der Waals surface area contributed by atoms with Gasteiger partial charge >= 0.3 is 0 Å². The molecule has 2 aromatic rings. The molecule has 142 valence electrons. The number of methoxy groups -OCH3 is 1. The van der Waals surface area contributed by atoms with Crippen LogP contribution in [0.4, 0.5) is 15.8 Å². The third kappa shape index (κ3) is 4.52. The van der Waals surface area contributed by atoms with Crippen LogP contribution in [0.1, 0.15) is 5.56 Å². The Labute approximate surface area is 162 Å². The molecule has 0 saturated carbocycles. The highest BCUT2D eigenvalue weighted by atomic mass is 35.5. The number of carbonyl (C=O) groups excluding carboxylic acids is 1. The average molecular weight is 390 g/mol. The molecule has 1 amide bonds. The lowest BCUT2D eigenvalue weighted by Crippen LogP contribution is -2.48. The van der Waals surface area contributed by atoms with Crippen molar-refractivity contribution in [2.75, 3.05) is 43.9 Å². The number of benzene rings is 2. The zero-order chi connectivity index (χ0) is 19.4. The van der Waals surface area contributed by atoms with Gasteiger partial charge < -0.3 is 20.3 Å². The fourth-order valence-corrected chi connectivity index (χ4v) is 3.19. The van der Waals surface area contributed by atoms with E-state index < -0.39 is 0 Å². The molecule has 0 aromatic heterocycles. The molecule has 27 heavy (non-hydrogen) atoms. The summed E-state index contributed by atoms with van der Waals surface area (Å²) in [6.07, 6.45) is 3.25. The molecule has 0 atom stereocenters. The minimum atomic E-state index is -0.348. The molecule has 0 radical (unpaired) electrons. The van der Waals surface area contributed by atoms with E-state index in [1.54, 1.807) is 42.4 Å². The molecule has 0 spiro atoms. The molecule has 0 bridgehead atoms. The van der Waals surface area contributed by atoms with Crippen molar-refractivity contribution in [3.63, 3.8) is 0 Å². The zero-order valence-corrected chi connectivity index (χ0v) is 15.7. The molecule has 1 aliphatic heterocycles. The Morgan fingerprint density at radius 2 is 1.93 bits per heavy atom. The molecule has 2 aromatic carbocycles. The maximum atomic E-state index is 14.0. The minimum absolute atomic E-state index is 0.0828. The van der Waals surface area contributed by atoms with Gasteiger partial charge in [-0.1, -0.05) is 17.7 Å². The van der Waals surface area contributed by atoms with Gasteiger partial charge in [-0.05, 0) is 42.0 Å². The molecule has 0 aliphatic carbocycles. The lowest BCUT2D eigenvalue weighted by Gasteiger charge is -2.35. The van der Waals surface area contributed by atoms with Gasteiger partial charge in [0.25, 0.3) is 0 Å². The van der Waals surface area contributed by atoms with Crippen LogP contribution >= 0.6 is 11.6 Å². The van der Waals surface area contributed by atoms with E-state index in [9.17, 15) is 9.18 Å². The Hall–Kier alpha value is -2.73. The van der Waals surface area contributed by atoms with Crippen LogP contribution in [0, 0.1) is 5.82 Å². The number of rotatable bonds is 4. The van der Waals surface area contributed by atoms with Crippen LogP contribution < -0.4 is 15.4 Å². The zero-order valence-electron chi connectivity index (χ0n) is 15.0. The molecule has 0 unspecified atom stereocenters. The predicted molar refractivity (Wildman–Crippen MR) is 107 cm³/mol. The fraction of sp³-hybridized carbons (Fsp3) is 0.250. The number of amides is 1. The maximum Gasteiger partial charge on any atom is 0.246 e. The van der Waals surface area contributed by atoms with E-state index in [4.69, 9.17) is 22.1 Å². The number of hydrogen-bond acceptors (Lipinski definition) is 4. The van der Waals surface area contributed by atoms with E-state index >= 15 is 0 Å². The Kier molecular flexibility index (Phi) is 5.86. The number of hydrogen-bond donors (Lipinski definition) is 1. The van der Waals surface area contributed by atoms with Gasteiger partial charge in [0.15, 0.2) is 0 Å². The van der Waals surface area contributed by atoms with Crippen molar-refractivity contribution >= 4 is 35.0 Å². The van der Waals surface area contributed by atoms with Crippen LogP contribution in [0.2, 0.25) is 5.02 Å². The molecule has 5 nitrogen and oxygen atoms in total. The van der Waals surface area contributed by atoms with Gasteiger partial charge in [-0.2, -0.15) is 0 Å². The van der Waals surface area contributed by atoms with Gasteiger partial charge in [-0.3, -0.25) is 4.79 Å². The second kappa shape index (κ2) is 8.31. The molecular formula is C20H21ClFN3O2. The number of anilines is 2. The summed E-state index contributed by atoms with van der Waals surface area (Å²) < 4.78 is 19.2. The van der Waals surface area contributed by atoms with Crippen molar-refractivity contribution in [1.29, 1.82) is 0 Å². The second-order valence-electron chi connectivity index (χ2n) is 6.24. The summed E-state index contributed by atoms with van der Waals surface area (Å²) in [4.78, 5) is 16.1. The van der Waals surface area contributed by atoms with Gasteiger partial charge in [-0.15, -0.1) is 0 Å². The summed E-state index contributed by atoms with van der Waals surface area (Å²) in [5, 5.41) is 0.370. The number of nitrogens with two attached hydrogens (primary N) is 1. The number of halogens is 2. The number of piperazine rings is 1. The normalized spacial score (nSPS) is 14.6. The highest BCUT2D eigenvalue weighted by Crippen LogP contribution is 2.24. The van der Waals surface area contributed by atoms with E-state index in [2.05, 4.69) is 0 Å². The summed E-state index contributed by atoms with van der Waals surface area (Å²) in [5.74, 6) is 0.170. The third-order valence-corrected chi connectivity index (χ3v) is 4.75. The highest BCUT2D eigenvalue weighted by Gasteiger charge is 2.21. The highest BCUT2D eigenvalue weighted by molar-refractivity contribution is 6.30. The first-order valence-electron chi connectivity index (χ1n) is 8.58. The monoisotopic (exact) mass is 389 g/mol. The molecule has 1 fully saturated rings. The number of nitrogen functional groups attached to an aromatic ring is 1. The van der Waals surface area contributed by atoms with Crippen molar-refractivity contribution in [2.24, 2.45) is 0 Å². The molecule has 1 saturated heterocycles. The lowest BCUT2D eigenvalue weighted by molar-refractivity contribution is -0.126. The van der Waals surface area contributed by atoms with Crippen molar-refractivity contribution < 1.29 is 13.9 Å². The maximum absolute atomic E-state index is 14.0. The first kappa shape index (κ1) is 19.0. The first-order chi connectivity index (χ1) is 13.0. The Balaban J connectivity index is 1.59. The van der Waals surface area contributed by atoms with Gasteiger partial charge in [0.05, 0.1) is 18.5 Å². The van der Waals surface area contributed by atoms with Crippen LogP contribution in [0.5, 0.6) is 5.75 Å². The SMILES string of the molecule is COc1ccc(/C=C/C(=O)N2CCN(c3ccc(Cl)cc3F)CC2)cc1N. The van der Waals surface area contributed by atoms with Crippen LogP contribution in [0.25, 0.3) is 6.08 Å². The van der Waals surface area contributed by atoms with Crippen molar-refractivity contribution in [2.45, 2.75) is 0 Å². The largest absolute Gasteiger partial charge is 0.495 e. The molecular weight excluding hydrogens is 369 g/mol. The molecule has 7 heteroatoms. The second-order valence-corrected chi connectivity index (χ2v) is 6.68. The van der Waals surface area contributed by atoms with Gasteiger partial charge in [0.1, 0.15) is 11.6 Å². The van der Waals surface area contributed by atoms with Crippen LogP contribution in [-0.2, 0) is 4.79 Å². The average Bonchev–Trinajstić information content (AvgIpc) is 2.66. The summed E-state index contributed by atoms with van der Waals surface area (Å²) >= 11 is 5.80. The lowest BCUT2D eigenvalue weighted by atomic mass is 10.1. The summed E-state index contributed by atoms with van der Waals surface area (Å²) in [7, 11) is 1.56. The van der Waals surface area contributed by atoms with Crippen LogP contribution in [0.15, 0.2) is 42.5 Å². The minimum Gasteiger partial charge on any atom is -0.495 e. The number of nitrogens with zero attached hydrogens (tertiary/aromatic N) is 2. The fourth-order valence-electron chi connectivity index (χ4n) is 3.03. The first-order valence-corrected chi connectivity index (χ1v) is 8.96. The van der Waals surface area contributed by atoms with Gasteiger partial charge in [-0.25, -0.2) is 4.39 Å². The van der Waals surface area contributed by atoms with Crippen LogP contribution in [0.3, 0.4) is 0 Å². The van der Waals surface area contributed by atoms with E-state index in [1.165, 1.54) is 12.1 Å². The van der Waals surface area contributed by atoms with Crippen molar-refractivity contribution in [3.05, 3.63) is 58.9 Å². The Bertz CT molecular complexity index is 864. The molecule has 1 heterocycles.